The first-order valence-corrected chi connectivity index (χ1v) is 10.6. The molecule has 0 unspecified atom stereocenters. The lowest BCUT2D eigenvalue weighted by atomic mass is 9.98. The minimum atomic E-state index is -0.468. The lowest BCUT2D eigenvalue weighted by molar-refractivity contribution is 0.0647. The number of imidazole rings is 1. The molecule has 0 fully saturated rings. The smallest absolute Gasteiger partial charge is 0.312 e. The van der Waals surface area contributed by atoms with Gasteiger partial charge < -0.3 is 14.3 Å². The first-order valence-electron chi connectivity index (χ1n) is 10.6. The van der Waals surface area contributed by atoms with E-state index in [1.54, 1.807) is 23.5 Å². The summed E-state index contributed by atoms with van der Waals surface area (Å²) in [6, 6.07) is 15.1. The van der Waals surface area contributed by atoms with E-state index in [1.807, 2.05) is 49.4 Å². The molecule has 6 rings (SSSR count). The average molecular weight is 437 g/mol. The van der Waals surface area contributed by atoms with E-state index in [4.69, 9.17) is 9.40 Å². The minimum absolute atomic E-state index is 0.0860. The van der Waals surface area contributed by atoms with E-state index >= 15 is 0 Å². The number of hydrogen-bond acceptors (Lipinski definition) is 7. The zero-order valence-electron chi connectivity index (χ0n) is 17.8. The van der Waals surface area contributed by atoms with Crippen LogP contribution in [0, 0.1) is 6.92 Å². The maximum atomic E-state index is 13.5. The number of carbonyl (C=O) groups excluding carboxylic acids is 1. The Bertz CT molecular complexity index is 1470. The van der Waals surface area contributed by atoms with Crippen LogP contribution in [0.4, 0.5) is 0 Å². The van der Waals surface area contributed by atoms with Gasteiger partial charge in [-0.1, -0.05) is 30.3 Å². The Morgan fingerprint density at radius 2 is 2.00 bits per heavy atom. The third-order valence-electron chi connectivity index (χ3n) is 5.82. The van der Waals surface area contributed by atoms with Gasteiger partial charge in [-0.2, -0.15) is 0 Å². The van der Waals surface area contributed by atoms with Gasteiger partial charge in [-0.3, -0.25) is 14.8 Å². The molecule has 5 aromatic rings. The summed E-state index contributed by atoms with van der Waals surface area (Å²) in [5, 5.41) is 9.09. The number of fused-ring (bicyclic) bond motifs is 2. The molecule has 33 heavy (non-hydrogen) atoms. The highest BCUT2D eigenvalue weighted by atomic mass is 16.4. The second-order valence-corrected chi connectivity index (χ2v) is 7.98. The molecule has 1 aliphatic rings. The van der Waals surface area contributed by atoms with Gasteiger partial charge in [0.25, 0.3) is 5.89 Å². The highest BCUT2D eigenvalue weighted by Gasteiger charge is 2.37. The minimum Gasteiger partial charge on any atom is -0.411 e. The van der Waals surface area contributed by atoms with Crippen LogP contribution in [0.3, 0.4) is 0 Å². The fraction of sp³-hybridized carbons (Fsp3) is 0.167. The van der Waals surface area contributed by atoms with Crippen LogP contribution in [0.5, 0.6) is 0 Å². The summed E-state index contributed by atoms with van der Waals surface area (Å²) in [5.74, 6) is -0.247. The third-order valence-corrected chi connectivity index (χ3v) is 5.82. The average Bonchev–Trinajstić information content (AvgIpc) is 3.53. The van der Waals surface area contributed by atoms with Gasteiger partial charge in [0.1, 0.15) is 11.7 Å². The molecule has 1 atom stereocenters. The van der Waals surface area contributed by atoms with Gasteiger partial charge >= 0.3 is 11.8 Å². The second-order valence-electron chi connectivity index (χ2n) is 7.98. The van der Waals surface area contributed by atoms with Crippen LogP contribution in [-0.4, -0.2) is 47.5 Å². The van der Waals surface area contributed by atoms with Crippen LogP contribution >= 0.6 is 0 Å². The van der Waals surface area contributed by atoms with Crippen molar-refractivity contribution >= 4 is 16.8 Å². The number of hydrogen-bond donors (Lipinski definition) is 1. The van der Waals surface area contributed by atoms with E-state index < -0.39 is 6.04 Å². The number of rotatable bonds is 3. The number of pyridine rings is 2. The summed E-state index contributed by atoms with van der Waals surface area (Å²) in [6.45, 7) is 2.41. The SMILES string of the molecule is Cc1ccc(-c2nnc(C(=O)N3CCc4[nH]cnc4[C@@H]3c3ccc4ccccc4n3)o2)nc1. The van der Waals surface area contributed by atoms with Crippen LogP contribution in [0.25, 0.3) is 22.5 Å². The van der Waals surface area contributed by atoms with Crippen molar-refractivity contribution in [2.75, 3.05) is 6.54 Å². The quantitative estimate of drug-likeness (QED) is 0.459. The summed E-state index contributed by atoms with van der Waals surface area (Å²) in [6.07, 6.45) is 4.01. The number of nitrogens with one attached hydrogen (secondary N) is 1. The normalized spacial score (nSPS) is 15.5. The molecule has 9 heteroatoms. The first-order chi connectivity index (χ1) is 16.2. The van der Waals surface area contributed by atoms with Crippen molar-refractivity contribution in [3.8, 4) is 11.6 Å². The Morgan fingerprint density at radius 3 is 2.88 bits per heavy atom. The highest BCUT2D eigenvalue weighted by molar-refractivity contribution is 5.90. The first kappa shape index (κ1) is 19.3. The molecule has 0 bridgehead atoms. The van der Waals surface area contributed by atoms with Crippen LogP contribution in [0.2, 0.25) is 0 Å². The maximum absolute atomic E-state index is 13.5. The zero-order chi connectivity index (χ0) is 22.4. The molecule has 9 nitrogen and oxygen atoms in total. The number of nitrogens with zero attached hydrogens (tertiary/aromatic N) is 6. The van der Waals surface area contributed by atoms with Crippen LogP contribution in [0.15, 0.2) is 65.5 Å². The van der Waals surface area contributed by atoms with E-state index in [0.717, 1.165) is 33.5 Å². The third kappa shape index (κ3) is 3.34. The Morgan fingerprint density at radius 1 is 1.09 bits per heavy atom. The topological polar surface area (TPSA) is 114 Å². The number of aromatic nitrogens is 6. The molecule has 0 saturated carbocycles. The van der Waals surface area contributed by atoms with Gasteiger partial charge in [-0.25, -0.2) is 4.98 Å². The lowest BCUT2D eigenvalue weighted by Gasteiger charge is -2.33. The summed E-state index contributed by atoms with van der Waals surface area (Å²) in [7, 11) is 0. The molecule has 1 aliphatic heterocycles. The van der Waals surface area contributed by atoms with Crippen molar-refractivity contribution in [1.82, 2.24) is 35.0 Å². The zero-order valence-corrected chi connectivity index (χ0v) is 17.8. The predicted molar refractivity (Wildman–Crippen MR) is 119 cm³/mol. The van der Waals surface area contributed by atoms with Gasteiger partial charge in [0.15, 0.2) is 0 Å². The van der Waals surface area contributed by atoms with Crippen molar-refractivity contribution in [1.29, 1.82) is 0 Å². The number of para-hydroxylation sites is 1. The van der Waals surface area contributed by atoms with Gasteiger partial charge in [-0.15, -0.1) is 10.2 Å². The molecule has 0 saturated heterocycles. The van der Waals surface area contributed by atoms with E-state index in [2.05, 4.69) is 25.1 Å². The summed E-state index contributed by atoms with van der Waals surface area (Å²) in [4.78, 5) is 32.1. The van der Waals surface area contributed by atoms with Crippen molar-refractivity contribution in [3.63, 3.8) is 0 Å². The van der Waals surface area contributed by atoms with Crippen LogP contribution in [-0.2, 0) is 6.42 Å². The van der Waals surface area contributed by atoms with Crippen LogP contribution < -0.4 is 0 Å². The van der Waals surface area contributed by atoms with E-state index in [0.29, 0.717) is 18.7 Å². The van der Waals surface area contributed by atoms with Crippen molar-refractivity contribution in [3.05, 3.63) is 89.6 Å². The monoisotopic (exact) mass is 437 g/mol. The molecule has 1 amide bonds. The maximum Gasteiger partial charge on any atom is 0.312 e. The van der Waals surface area contributed by atoms with Gasteiger partial charge in [0.05, 0.1) is 23.2 Å². The Kier molecular flexibility index (Phi) is 4.46. The second kappa shape index (κ2) is 7.63. The van der Waals surface area contributed by atoms with Gasteiger partial charge in [0.2, 0.25) is 0 Å². The molecule has 4 aromatic heterocycles. The number of carbonyl (C=O) groups is 1. The molecule has 0 radical (unpaired) electrons. The summed E-state index contributed by atoms with van der Waals surface area (Å²) >= 11 is 0. The number of aromatic amines is 1. The van der Waals surface area contributed by atoms with Crippen molar-refractivity contribution < 1.29 is 9.21 Å². The Balaban J connectivity index is 1.39. The highest BCUT2D eigenvalue weighted by Crippen LogP contribution is 2.34. The summed E-state index contributed by atoms with van der Waals surface area (Å²) in [5.41, 5.74) is 4.90. The molecule has 162 valence electrons. The number of amides is 1. The fourth-order valence-corrected chi connectivity index (χ4v) is 4.16. The molecular weight excluding hydrogens is 418 g/mol. The standard InChI is InChI=1S/C24H19N7O2/c1-14-6-8-19(25-12-14)22-29-30-23(33-22)24(32)31-11-10-17-20(27-13-26-17)21(31)18-9-7-15-4-2-3-5-16(15)28-18/h2-9,12-13,21H,10-11H2,1H3,(H,26,27)/t21-/m0/s1. The number of aryl methyl sites for hydroxylation is 1. The van der Waals surface area contributed by atoms with Crippen LogP contribution in [0.1, 0.15) is 39.4 Å². The van der Waals surface area contributed by atoms with Gasteiger partial charge in [0, 0.05) is 30.2 Å². The molecule has 5 heterocycles. The molecule has 0 spiro atoms. The Hall–Kier alpha value is -4.40. The summed E-state index contributed by atoms with van der Waals surface area (Å²) < 4.78 is 5.72. The molecule has 0 aliphatic carbocycles. The predicted octanol–water partition coefficient (Wildman–Crippen LogP) is 3.50. The number of benzene rings is 1. The molecule has 1 N–H and O–H groups in total. The molecule has 1 aromatic carbocycles. The van der Waals surface area contributed by atoms with E-state index in [9.17, 15) is 4.79 Å². The van der Waals surface area contributed by atoms with Crippen molar-refractivity contribution in [2.24, 2.45) is 0 Å². The van der Waals surface area contributed by atoms with E-state index in [-0.39, 0.29) is 17.7 Å². The fourth-order valence-electron chi connectivity index (χ4n) is 4.16. The molecular formula is C24H19N7O2. The van der Waals surface area contributed by atoms with Gasteiger partial charge in [-0.05, 0) is 30.7 Å². The Labute approximate surface area is 188 Å². The lowest BCUT2D eigenvalue weighted by Crippen LogP contribution is -2.41. The van der Waals surface area contributed by atoms with E-state index in [1.165, 1.54) is 0 Å². The van der Waals surface area contributed by atoms with Crippen molar-refractivity contribution in [2.45, 2.75) is 19.4 Å². The largest absolute Gasteiger partial charge is 0.411 e. The number of H-pyrrole nitrogens is 1.